The van der Waals surface area contributed by atoms with Gasteiger partial charge in [0, 0.05) is 10.5 Å². The Bertz CT molecular complexity index is 298. The summed E-state index contributed by atoms with van der Waals surface area (Å²) >= 11 is 3.28. The monoisotopic (exact) mass is 283 g/mol. The summed E-state index contributed by atoms with van der Waals surface area (Å²) < 4.78 is 13.6. The van der Waals surface area contributed by atoms with Gasteiger partial charge in [0.2, 0.25) is 0 Å². The number of nitrogens with two attached hydrogens (primary N) is 1. The highest BCUT2D eigenvalue weighted by atomic mass is 79.9. The third kappa shape index (κ3) is 3.92. The summed E-state index contributed by atoms with van der Waals surface area (Å²) in [6.45, 7) is -0.0943. The molecule has 0 radical (unpaired) electrons. The van der Waals surface area contributed by atoms with Gasteiger partial charge in [-0.25, -0.2) is 4.39 Å². The minimum absolute atomic E-state index is 0. The lowest BCUT2D eigenvalue weighted by Gasteiger charge is -2.09. The Hall–Kier alpha value is -0.160. The predicted octanol–water partition coefficient (Wildman–Crippen LogP) is 1.87. The lowest BCUT2D eigenvalue weighted by Crippen LogP contribution is -2.27. The molecule has 0 aromatic heterocycles. The molecule has 5 heteroatoms. The number of hydrogen-bond donors (Lipinski definition) is 2. The zero-order valence-corrected chi connectivity index (χ0v) is 9.81. The summed E-state index contributed by atoms with van der Waals surface area (Å²) in [5, 5.41) is 8.72. The minimum Gasteiger partial charge on any atom is -0.395 e. The number of rotatable bonds is 3. The van der Waals surface area contributed by atoms with Gasteiger partial charge in [-0.15, -0.1) is 12.4 Å². The van der Waals surface area contributed by atoms with E-state index in [4.69, 9.17) is 10.8 Å². The van der Waals surface area contributed by atoms with Gasteiger partial charge in [0.15, 0.2) is 0 Å². The van der Waals surface area contributed by atoms with Crippen LogP contribution in [0.2, 0.25) is 0 Å². The third-order valence-corrected chi connectivity index (χ3v) is 2.50. The largest absolute Gasteiger partial charge is 0.395 e. The van der Waals surface area contributed by atoms with Crippen molar-refractivity contribution in [2.45, 2.75) is 12.5 Å². The molecule has 2 nitrogen and oxygen atoms in total. The molecule has 3 N–H and O–H groups in total. The molecule has 0 amide bonds. The summed E-state index contributed by atoms with van der Waals surface area (Å²) in [6.07, 6.45) is 0.467. The van der Waals surface area contributed by atoms with Gasteiger partial charge in [-0.1, -0.05) is 15.9 Å². The van der Waals surface area contributed by atoms with Crippen molar-refractivity contribution < 1.29 is 9.50 Å². The zero-order chi connectivity index (χ0) is 9.84. The predicted molar refractivity (Wildman–Crippen MR) is 60.1 cm³/mol. The van der Waals surface area contributed by atoms with E-state index < -0.39 is 0 Å². The Balaban J connectivity index is 0.00000169. The molecule has 0 spiro atoms. The molecule has 1 unspecified atom stereocenters. The number of benzene rings is 1. The van der Waals surface area contributed by atoms with Crippen molar-refractivity contribution >= 4 is 28.3 Å². The Morgan fingerprint density at radius 1 is 1.50 bits per heavy atom. The van der Waals surface area contributed by atoms with Crippen LogP contribution in [0.4, 0.5) is 4.39 Å². The first-order chi connectivity index (χ1) is 6.13. The highest BCUT2D eigenvalue weighted by Gasteiger charge is 2.06. The molecule has 14 heavy (non-hydrogen) atoms. The molecule has 0 saturated carbocycles. The highest BCUT2D eigenvalue weighted by molar-refractivity contribution is 9.10. The third-order valence-electron chi connectivity index (χ3n) is 1.72. The quantitative estimate of drug-likeness (QED) is 0.890. The van der Waals surface area contributed by atoms with E-state index >= 15 is 0 Å². The fourth-order valence-electron chi connectivity index (χ4n) is 1.05. The van der Waals surface area contributed by atoms with Crippen LogP contribution in [0.15, 0.2) is 22.7 Å². The van der Waals surface area contributed by atoms with Gasteiger partial charge < -0.3 is 10.8 Å². The number of aliphatic hydroxyl groups is 1. The molecule has 1 rings (SSSR count). The van der Waals surface area contributed by atoms with Crippen molar-refractivity contribution in [3.63, 3.8) is 0 Å². The van der Waals surface area contributed by atoms with Crippen molar-refractivity contribution in [3.8, 4) is 0 Å². The summed E-state index contributed by atoms with van der Waals surface area (Å²) in [5.41, 5.74) is 6.31. The summed E-state index contributed by atoms with van der Waals surface area (Å²) in [7, 11) is 0. The van der Waals surface area contributed by atoms with Crippen LogP contribution in [0.25, 0.3) is 0 Å². The maximum Gasteiger partial charge on any atom is 0.123 e. The lowest BCUT2D eigenvalue weighted by molar-refractivity contribution is 0.265. The van der Waals surface area contributed by atoms with Gasteiger partial charge in [-0.05, 0) is 30.2 Å². The van der Waals surface area contributed by atoms with Gasteiger partial charge in [0.05, 0.1) is 6.61 Å². The van der Waals surface area contributed by atoms with E-state index in [1.165, 1.54) is 12.1 Å². The second-order valence-corrected chi connectivity index (χ2v) is 3.74. The molecule has 1 aromatic rings. The Kier molecular flexibility index (Phi) is 6.27. The van der Waals surface area contributed by atoms with Gasteiger partial charge in [0.25, 0.3) is 0 Å². The lowest BCUT2D eigenvalue weighted by atomic mass is 10.1. The molecule has 0 bridgehead atoms. The van der Waals surface area contributed by atoms with E-state index in [9.17, 15) is 4.39 Å². The Morgan fingerprint density at radius 3 is 2.71 bits per heavy atom. The van der Waals surface area contributed by atoms with Gasteiger partial charge in [-0.2, -0.15) is 0 Å². The van der Waals surface area contributed by atoms with E-state index in [1.807, 2.05) is 0 Å². The standard InChI is InChI=1S/C9H11BrFNO.ClH/c10-9-2-1-7(11)3-6(9)4-8(12)5-13;/h1-3,8,13H,4-5,12H2;1H. The second-order valence-electron chi connectivity index (χ2n) is 2.88. The van der Waals surface area contributed by atoms with E-state index in [1.54, 1.807) is 6.07 Å². The molecule has 80 valence electrons. The molecular formula is C9H12BrClFNO. The number of aliphatic hydroxyl groups excluding tert-OH is 1. The molecule has 1 atom stereocenters. The van der Waals surface area contributed by atoms with Gasteiger partial charge >= 0.3 is 0 Å². The Labute approximate surface area is 96.8 Å². The van der Waals surface area contributed by atoms with Gasteiger partial charge in [0.1, 0.15) is 5.82 Å². The maximum atomic E-state index is 12.8. The van der Waals surface area contributed by atoms with Crippen LogP contribution in [0.5, 0.6) is 0 Å². The first-order valence-electron chi connectivity index (χ1n) is 3.94. The number of hydrogen-bond acceptors (Lipinski definition) is 2. The first kappa shape index (κ1) is 13.8. The van der Waals surface area contributed by atoms with Crippen LogP contribution >= 0.6 is 28.3 Å². The van der Waals surface area contributed by atoms with Crippen LogP contribution in [-0.4, -0.2) is 17.8 Å². The molecular weight excluding hydrogens is 272 g/mol. The van der Waals surface area contributed by atoms with E-state index in [-0.39, 0.29) is 30.9 Å². The van der Waals surface area contributed by atoms with Crippen molar-refractivity contribution in [2.75, 3.05) is 6.61 Å². The molecule has 0 aliphatic carbocycles. The van der Waals surface area contributed by atoms with Crippen LogP contribution in [0.1, 0.15) is 5.56 Å². The molecule has 0 heterocycles. The molecule has 1 aromatic carbocycles. The summed E-state index contributed by atoms with van der Waals surface area (Å²) in [6, 6.07) is 4.09. The SMILES string of the molecule is Cl.NC(CO)Cc1cc(F)ccc1Br. The van der Waals surface area contributed by atoms with Crippen molar-refractivity contribution in [1.29, 1.82) is 0 Å². The summed E-state index contributed by atoms with van der Waals surface area (Å²) in [5.74, 6) is -0.289. The molecule has 0 fully saturated rings. The van der Waals surface area contributed by atoms with Crippen molar-refractivity contribution in [1.82, 2.24) is 0 Å². The average molecular weight is 285 g/mol. The fraction of sp³-hybridized carbons (Fsp3) is 0.333. The van der Waals surface area contributed by atoms with Crippen LogP contribution in [0.3, 0.4) is 0 Å². The molecule has 0 saturated heterocycles. The van der Waals surface area contributed by atoms with E-state index in [2.05, 4.69) is 15.9 Å². The zero-order valence-electron chi connectivity index (χ0n) is 7.41. The maximum absolute atomic E-state index is 12.8. The van der Waals surface area contributed by atoms with Crippen LogP contribution in [-0.2, 0) is 6.42 Å². The highest BCUT2D eigenvalue weighted by Crippen LogP contribution is 2.18. The van der Waals surface area contributed by atoms with Crippen molar-refractivity contribution in [2.24, 2.45) is 5.73 Å². The van der Waals surface area contributed by atoms with Gasteiger partial charge in [-0.3, -0.25) is 0 Å². The molecule has 0 aliphatic heterocycles. The smallest absolute Gasteiger partial charge is 0.123 e. The normalized spacial score (nSPS) is 12.0. The second kappa shape index (κ2) is 6.35. The van der Waals surface area contributed by atoms with Crippen LogP contribution < -0.4 is 5.73 Å². The Morgan fingerprint density at radius 2 is 2.14 bits per heavy atom. The fourth-order valence-corrected chi connectivity index (χ4v) is 1.46. The first-order valence-corrected chi connectivity index (χ1v) is 4.73. The molecule has 0 aliphatic rings. The minimum atomic E-state index is -0.335. The topological polar surface area (TPSA) is 46.2 Å². The number of halogens is 3. The average Bonchev–Trinajstić information content (AvgIpc) is 2.11. The van der Waals surface area contributed by atoms with Crippen LogP contribution in [0, 0.1) is 5.82 Å². The summed E-state index contributed by atoms with van der Waals surface area (Å²) in [4.78, 5) is 0. The van der Waals surface area contributed by atoms with E-state index in [0.717, 1.165) is 10.0 Å². The van der Waals surface area contributed by atoms with E-state index in [0.29, 0.717) is 6.42 Å². The van der Waals surface area contributed by atoms with Crippen molar-refractivity contribution in [3.05, 3.63) is 34.1 Å².